The highest BCUT2D eigenvalue weighted by atomic mass is 16.5. The van der Waals surface area contributed by atoms with Crippen LogP contribution < -0.4 is 10.5 Å². The number of ether oxygens (including phenoxy) is 2. The van der Waals surface area contributed by atoms with E-state index in [-0.39, 0.29) is 18.4 Å². The molecule has 0 aliphatic carbocycles. The van der Waals surface area contributed by atoms with Crippen molar-refractivity contribution < 1.29 is 14.3 Å². The van der Waals surface area contributed by atoms with E-state index >= 15 is 0 Å². The zero-order valence-corrected chi connectivity index (χ0v) is 9.23. The molecule has 1 aliphatic rings. The number of fused-ring (bicyclic) bond motifs is 1. The van der Waals surface area contributed by atoms with Gasteiger partial charge in [0, 0.05) is 12.5 Å². The maximum atomic E-state index is 11.1. The van der Waals surface area contributed by atoms with Gasteiger partial charge in [-0.05, 0) is 17.2 Å². The van der Waals surface area contributed by atoms with E-state index in [4.69, 9.17) is 10.5 Å². The highest BCUT2D eigenvalue weighted by Gasteiger charge is 2.16. The molecule has 16 heavy (non-hydrogen) atoms. The van der Waals surface area contributed by atoms with Gasteiger partial charge >= 0.3 is 5.97 Å². The number of nitrogens with two attached hydrogens (primary N) is 1. The minimum Gasteiger partial charge on any atom is -0.493 e. The molecule has 86 valence electrons. The zero-order valence-electron chi connectivity index (χ0n) is 9.23. The molecule has 0 spiro atoms. The molecule has 0 aromatic heterocycles. The fourth-order valence-corrected chi connectivity index (χ4v) is 1.82. The molecule has 1 atom stereocenters. The van der Waals surface area contributed by atoms with Crippen LogP contribution in [0.1, 0.15) is 23.6 Å². The van der Waals surface area contributed by atoms with Gasteiger partial charge in [-0.15, -0.1) is 0 Å². The number of carbonyl (C=O) groups is 1. The Labute approximate surface area is 94.3 Å². The van der Waals surface area contributed by atoms with E-state index in [1.165, 1.54) is 7.11 Å². The van der Waals surface area contributed by atoms with E-state index < -0.39 is 0 Å². The monoisotopic (exact) mass is 221 g/mol. The molecule has 0 bridgehead atoms. The van der Waals surface area contributed by atoms with Gasteiger partial charge < -0.3 is 15.2 Å². The molecule has 0 amide bonds. The molecule has 2 rings (SSSR count). The molecular weight excluding hydrogens is 206 g/mol. The van der Waals surface area contributed by atoms with Crippen LogP contribution in [0.3, 0.4) is 0 Å². The Balaban J connectivity index is 2.12. The third-order valence-electron chi connectivity index (χ3n) is 2.76. The Hall–Kier alpha value is -1.55. The third kappa shape index (κ3) is 2.17. The zero-order chi connectivity index (χ0) is 11.5. The highest BCUT2D eigenvalue weighted by Crippen LogP contribution is 2.28. The van der Waals surface area contributed by atoms with Gasteiger partial charge in [0.2, 0.25) is 0 Å². The molecular formula is C12H15NO3. The molecule has 1 unspecified atom stereocenters. The largest absolute Gasteiger partial charge is 0.493 e. The second-order valence-electron chi connectivity index (χ2n) is 3.85. The van der Waals surface area contributed by atoms with Crippen molar-refractivity contribution in [1.82, 2.24) is 0 Å². The maximum Gasteiger partial charge on any atom is 0.307 e. The number of hydrogen-bond donors (Lipinski definition) is 1. The van der Waals surface area contributed by atoms with E-state index in [0.29, 0.717) is 0 Å². The lowest BCUT2D eigenvalue weighted by Crippen LogP contribution is -2.16. The average Bonchev–Trinajstić information content (AvgIpc) is 2.75. The van der Waals surface area contributed by atoms with Crippen molar-refractivity contribution in [2.24, 2.45) is 5.73 Å². The first kappa shape index (κ1) is 11.0. The molecule has 0 fully saturated rings. The summed E-state index contributed by atoms with van der Waals surface area (Å²) in [5.41, 5.74) is 8.04. The second-order valence-corrected chi connectivity index (χ2v) is 3.85. The molecule has 1 aliphatic heterocycles. The summed E-state index contributed by atoms with van der Waals surface area (Å²) in [4.78, 5) is 11.1. The highest BCUT2D eigenvalue weighted by molar-refractivity contribution is 5.70. The number of methoxy groups -OCH3 is 1. The van der Waals surface area contributed by atoms with Crippen molar-refractivity contribution in [2.75, 3.05) is 13.7 Å². The number of rotatable bonds is 3. The van der Waals surface area contributed by atoms with Crippen LogP contribution in [0.25, 0.3) is 0 Å². The fourth-order valence-electron chi connectivity index (χ4n) is 1.82. The summed E-state index contributed by atoms with van der Waals surface area (Å²) in [5, 5.41) is 0. The Morgan fingerprint density at radius 1 is 1.62 bits per heavy atom. The molecule has 1 aromatic rings. The van der Waals surface area contributed by atoms with Crippen molar-refractivity contribution in [2.45, 2.75) is 18.9 Å². The Kier molecular flexibility index (Phi) is 3.10. The lowest BCUT2D eigenvalue weighted by atomic mass is 10.0. The number of hydrogen-bond acceptors (Lipinski definition) is 4. The predicted molar refractivity (Wildman–Crippen MR) is 59.2 cm³/mol. The summed E-state index contributed by atoms with van der Waals surface area (Å²) in [6.45, 7) is 0.727. The minimum atomic E-state index is -0.307. The second kappa shape index (κ2) is 4.53. The molecule has 1 aromatic carbocycles. The SMILES string of the molecule is COC(=O)CC(N)c1ccc2c(c1)CCO2. The van der Waals surface area contributed by atoms with Crippen molar-refractivity contribution in [3.05, 3.63) is 29.3 Å². The number of benzene rings is 1. The van der Waals surface area contributed by atoms with Crippen LogP contribution in [-0.2, 0) is 16.0 Å². The lowest BCUT2D eigenvalue weighted by molar-refractivity contribution is -0.141. The van der Waals surface area contributed by atoms with Crippen LogP contribution in [0.2, 0.25) is 0 Å². The Bertz CT molecular complexity index is 403. The van der Waals surface area contributed by atoms with Crippen LogP contribution in [-0.4, -0.2) is 19.7 Å². The van der Waals surface area contributed by atoms with E-state index in [1.54, 1.807) is 0 Å². The molecule has 0 radical (unpaired) electrons. The summed E-state index contributed by atoms with van der Waals surface area (Å²) < 4.78 is 9.99. The smallest absolute Gasteiger partial charge is 0.307 e. The van der Waals surface area contributed by atoms with Crippen LogP contribution in [0.4, 0.5) is 0 Å². The Morgan fingerprint density at radius 3 is 3.19 bits per heavy atom. The molecule has 0 saturated carbocycles. The summed E-state index contributed by atoms with van der Waals surface area (Å²) >= 11 is 0. The summed E-state index contributed by atoms with van der Waals surface area (Å²) in [5.74, 6) is 0.637. The van der Waals surface area contributed by atoms with Crippen molar-refractivity contribution in [1.29, 1.82) is 0 Å². The lowest BCUT2D eigenvalue weighted by Gasteiger charge is -2.11. The van der Waals surface area contributed by atoms with E-state index in [9.17, 15) is 4.79 Å². The maximum absolute atomic E-state index is 11.1. The van der Waals surface area contributed by atoms with E-state index in [2.05, 4.69) is 4.74 Å². The molecule has 0 saturated heterocycles. The molecule has 4 heteroatoms. The normalized spacial score (nSPS) is 15.1. The standard InChI is InChI=1S/C12H15NO3/c1-15-12(14)7-10(13)8-2-3-11-9(6-8)4-5-16-11/h2-3,6,10H,4-5,7,13H2,1H3. The van der Waals surface area contributed by atoms with Gasteiger partial charge in [0.25, 0.3) is 0 Å². The first-order valence-electron chi connectivity index (χ1n) is 5.28. The van der Waals surface area contributed by atoms with E-state index in [1.807, 2.05) is 18.2 Å². The van der Waals surface area contributed by atoms with Gasteiger partial charge in [0.05, 0.1) is 20.1 Å². The molecule has 4 nitrogen and oxygen atoms in total. The van der Waals surface area contributed by atoms with Crippen LogP contribution >= 0.6 is 0 Å². The summed E-state index contributed by atoms with van der Waals surface area (Å²) in [7, 11) is 1.37. The van der Waals surface area contributed by atoms with E-state index in [0.717, 1.165) is 29.9 Å². The van der Waals surface area contributed by atoms with Crippen LogP contribution in [0, 0.1) is 0 Å². The molecule has 1 heterocycles. The number of carbonyl (C=O) groups excluding carboxylic acids is 1. The average molecular weight is 221 g/mol. The third-order valence-corrected chi connectivity index (χ3v) is 2.76. The van der Waals surface area contributed by atoms with Gasteiger partial charge in [-0.3, -0.25) is 4.79 Å². The van der Waals surface area contributed by atoms with Gasteiger partial charge in [0.1, 0.15) is 5.75 Å². The van der Waals surface area contributed by atoms with Gasteiger partial charge in [-0.1, -0.05) is 12.1 Å². The van der Waals surface area contributed by atoms with Gasteiger partial charge in [-0.25, -0.2) is 0 Å². The Morgan fingerprint density at radius 2 is 2.44 bits per heavy atom. The summed E-state index contributed by atoms with van der Waals surface area (Å²) in [6, 6.07) is 5.51. The van der Waals surface area contributed by atoms with Crippen LogP contribution in [0.5, 0.6) is 5.75 Å². The van der Waals surface area contributed by atoms with Crippen molar-refractivity contribution >= 4 is 5.97 Å². The topological polar surface area (TPSA) is 61.5 Å². The first-order chi connectivity index (χ1) is 7.70. The minimum absolute atomic E-state index is 0.205. The first-order valence-corrected chi connectivity index (χ1v) is 5.28. The fraction of sp³-hybridized carbons (Fsp3) is 0.417. The quantitative estimate of drug-likeness (QED) is 0.779. The van der Waals surface area contributed by atoms with Crippen molar-refractivity contribution in [3.8, 4) is 5.75 Å². The number of esters is 1. The van der Waals surface area contributed by atoms with Crippen molar-refractivity contribution in [3.63, 3.8) is 0 Å². The molecule has 2 N–H and O–H groups in total. The van der Waals surface area contributed by atoms with Crippen LogP contribution in [0.15, 0.2) is 18.2 Å². The van der Waals surface area contributed by atoms with Gasteiger partial charge in [0.15, 0.2) is 0 Å². The summed E-state index contributed by atoms with van der Waals surface area (Å²) in [6.07, 6.45) is 1.12. The predicted octanol–water partition coefficient (Wildman–Crippen LogP) is 1.18. The van der Waals surface area contributed by atoms with Gasteiger partial charge in [-0.2, -0.15) is 0 Å².